The number of phenolic OH excluding ortho intramolecular Hbond substituents is 2. The number of hydrogen-bond acceptors (Lipinski definition) is 12. The number of aromatic hydroxyl groups is 2. The minimum absolute atomic E-state index is 0.000339. The largest absolute Gasteiger partial charge is 0.508 e. The number of aromatic nitrogens is 4. The number of piperidine rings is 2. The van der Waals surface area contributed by atoms with Gasteiger partial charge in [0.2, 0.25) is 0 Å². The molecule has 16 nitrogen and oxygen atoms in total. The quantitative estimate of drug-likeness (QED) is 0.106. The van der Waals surface area contributed by atoms with Crippen LogP contribution >= 0.6 is 11.6 Å². The maximum Gasteiger partial charge on any atom is 0.488 e. The first-order chi connectivity index (χ1) is 36.3. The van der Waals surface area contributed by atoms with Crippen LogP contribution in [0.4, 0.5) is 9.59 Å². The highest BCUT2D eigenvalue weighted by molar-refractivity contribution is 6.58. The lowest BCUT2D eigenvalue weighted by molar-refractivity contribution is -0.0367. The second-order valence-electron chi connectivity index (χ2n) is 22.6. The van der Waals surface area contributed by atoms with Crippen molar-refractivity contribution in [1.29, 1.82) is 0 Å². The van der Waals surface area contributed by atoms with E-state index >= 15 is 0 Å². The Balaban J connectivity index is 0.000000172. The van der Waals surface area contributed by atoms with Crippen molar-refractivity contribution in [3.8, 4) is 22.6 Å². The average Bonchev–Trinajstić information content (AvgIpc) is 4.04. The topological polar surface area (TPSA) is 194 Å². The highest BCUT2D eigenvalue weighted by Gasteiger charge is 2.30. The molecule has 2 amide bonds. The summed E-state index contributed by atoms with van der Waals surface area (Å²) in [4.78, 5) is 28.5. The van der Waals surface area contributed by atoms with Gasteiger partial charge in [-0.15, -0.1) is 0 Å². The summed E-state index contributed by atoms with van der Waals surface area (Å²) in [6.45, 7) is 15.9. The average molecular weight is 1060 g/mol. The first-order valence-corrected chi connectivity index (χ1v) is 27.4. The van der Waals surface area contributed by atoms with E-state index in [0.29, 0.717) is 17.3 Å². The Morgan fingerprint density at radius 1 is 0.605 bits per heavy atom. The van der Waals surface area contributed by atoms with Gasteiger partial charge in [0.1, 0.15) is 22.7 Å². The molecule has 4 saturated heterocycles. The predicted molar refractivity (Wildman–Crippen MR) is 296 cm³/mol. The second kappa shape index (κ2) is 25.1. The molecule has 76 heavy (non-hydrogen) atoms. The van der Waals surface area contributed by atoms with Crippen molar-refractivity contribution in [1.82, 2.24) is 29.4 Å². The number of phenols is 2. The minimum Gasteiger partial charge on any atom is -0.508 e. The molecule has 6 aromatic rings. The lowest BCUT2D eigenvalue weighted by Crippen LogP contribution is -2.42. The summed E-state index contributed by atoms with van der Waals surface area (Å²) in [6.07, 6.45) is 15.7. The van der Waals surface area contributed by atoms with E-state index in [1.165, 1.54) is 40.8 Å². The summed E-state index contributed by atoms with van der Waals surface area (Å²) >= 11 is 6.48. The molecule has 2 atom stereocenters. The van der Waals surface area contributed by atoms with Crippen molar-refractivity contribution in [3.63, 3.8) is 0 Å². The van der Waals surface area contributed by atoms with Crippen molar-refractivity contribution in [2.75, 3.05) is 39.4 Å². The molecule has 18 heteroatoms. The van der Waals surface area contributed by atoms with Crippen LogP contribution in [-0.2, 0) is 31.8 Å². The molecule has 0 radical (unpaired) electrons. The number of fused-ring (bicyclic) bond motifs is 2. The molecule has 4 N–H and O–H groups in total. The molecule has 4 aliphatic heterocycles. The van der Waals surface area contributed by atoms with Crippen LogP contribution < -0.4 is 5.46 Å². The Morgan fingerprint density at radius 3 is 1.46 bits per heavy atom. The highest BCUT2D eigenvalue weighted by Crippen LogP contribution is 2.36. The van der Waals surface area contributed by atoms with E-state index in [1.807, 2.05) is 91.3 Å². The molecule has 0 aliphatic carbocycles. The third kappa shape index (κ3) is 15.2. The number of ether oxygens (including phenoxy) is 4. The van der Waals surface area contributed by atoms with Gasteiger partial charge < -0.3 is 49.0 Å². The monoisotopic (exact) mass is 1060 g/mol. The van der Waals surface area contributed by atoms with E-state index in [1.54, 1.807) is 12.1 Å². The van der Waals surface area contributed by atoms with Gasteiger partial charge in [-0.2, -0.15) is 10.2 Å². The van der Waals surface area contributed by atoms with E-state index < -0.39 is 18.3 Å². The van der Waals surface area contributed by atoms with Gasteiger partial charge in [0, 0.05) is 55.2 Å². The van der Waals surface area contributed by atoms with Gasteiger partial charge in [0.15, 0.2) is 12.5 Å². The molecule has 6 heterocycles. The van der Waals surface area contributed by atoms with Crippen LogP contribution in [0.1, 0.15) is 129 Å². The molecule has 4 fully saturated rings. The van der Waals surface area contributed by atoms with Crippen molar-refractivity contribution < 1.29 is 48.8 Å². The van der Waals surface area contributed by atoms with Gasteiger partial charge in [-0.1, -0.05) is 41.9 Å². The minimum atomic E-state index is -1.46. The summed E-state index contributed by atoms with van der Waals surface area (Å²) < 4.78 is 27.1. The van der Waals surface area contributed by atoms with E-state index in [-0.39, 0.29) is 36.1 Å². The first-order valence-electron chi connectivity index (χ1n) is 27.1. The zero-order valence-electron chi connectivity index (χ0n) is 45.0. The summed E-state index contributed by atoms with van der Waals surface area (Å²) in [5.41, 5.74) is 6.26. The van der Waals surface area contributed by atoms with Crippen LogP contribution in [0.15, 0.2) is 85.2 Å². The van der Waals surface area contributed by atoms with Crippen molar-refractivity contribution in [3.05, 3.63) is 101 Å². The number of hydrogen-bond donors (Lipinski definition) is 4. The Bertz CT molecular complexity index is 2850. The Kier molecular flexibility index (Phi) is 18.6. The predicted octanol–water partition coefficient (Wildman–Crippen LogP) is 10.9. The van der Waals surface area contributed by atoms with Crippen LogP contribution in [0.25, 0.3) is 32.9 Å². The summed E-state index contributed by atoms with van der Waals surface area (Å²) in [6, 6.07) is 21.6. The first kappa shape index (κ1) is 56.4. The van der Waals surface area contributed by atoms with Crippen LogP contribution in [0.3, 0.4) is 0 Å². The second-order valence-corrected chi connectivity index (χ2v) is 23.1. The molecule has 0 bridgehead atoms. The van der Waals surface area contributed by atoms with Crippen LogP contribution in [0, 0.1) is 11.8 Å². The molecule has 4 aromatic carbocycles. The maximum atomic E-state index is 12.5. The van der Waals surface area contributed by atoms with Crippen LogP contribution in [-0.4, -0.2) is 120 Å². The number of amides is 2. The fourth-order valence-electron chi connectivity index (χ4n) is 10.4. The Labute approximate surface area is 452 Å². The zero-order valence-corrected chi connectivity index (χ0v) is 45.8. The number of carbonyl (C=O) groups is 2. The summed E-state index contributed by atoms with van der Waals surface area (Å²) in [7, 11) is -1.46. The molecule has 2 unspecified atom stereocenters. The van der Waals surface area contributed by atoms with Crippen LogP contribution in [0.2, 0.25) is 5.02 Å². The lowest BCUT2D eigenvalue weighted by atomic mass is 9.80. The van der Waals surface area contributed by atoms with Crippen molar-refractivity contribution >= 4 is 58.2 Å². The van der Waals surface area contributed by atoms with Gasteiger partial charge in [0.25, 0.3) is 0 Å². The fraction of sp³-hybridized carbons (Fsp3) is 0.517. The zero-order chi connectivity index (χ0) is 54.1. The molecule has 4 aliphatic rings. The standard InChI is InChI=1S/C29H37N3O4.C23H32ClN3O3.C6H7BO3/c1-29(2,3)36-28(34)31-13-11-20(12-14-31)16-23-17-22(21-7-9-24(33)10-8-21)18-26-25(23)19-30-32(26)27-6-4-5-15-35-27;1-23(2,3)30-22(28)26-9-7-16(8-10-26)12-17-13-18(24)14-20-19(17)15-25-27(20)21-6-4-5-11-29-21;8-6-3-1-5(2-4-6)7(9)10/h7-10,17-20,27,33H,4-6,11-16H2,1-3H3;13-16,21H,4-12H2,1-3H3;1-4,8-10H. The maximum absolute atomic E-state index is 12.5. The SMILES string of the molecule is CC(C)(C)OC(=O)N1CCC(Cc2cc(-c3ccc(O)cc3)cc3c2cnn3C2CCCCO2)CC1.CC(C)(C)OC(=O)N1CCC(Cc2cc(Cl)cc3c2cnn3C2CCCCO2)CC1.OB(O)c1ccc(O)cc1. The Morgan fingerprint density at radius 2 is 1.04 bits per heavy atom. The van der Waals surface area contributed by atoms with Gasteiger partial charge in [-0.25, -0.2) is 19.0 Å². The van der Waals surface area contributed by atoms with E-state index in [4.69, 9.17) is 50.8 Å². The third-order valence-electron chi connectivity index (χ3n) is 14.4. The highest BCUT2D eigenvalue weighted by atomic mass is 35.5. The van der Waals surface area contributed by atoms with Crippen molar-refractivity contribution in [2.45, 2.75) is 142 Å². The molecule has 0 spiro atoms. The lowest BCUT2D eigenvalue weighted by Gasteiger charge is -2.33. The molecule has 10 rings (SSSR count). The number of benzene rings is 4. The van der Waals surface area contributed by atoms with E-state index in [2.05, 4.69) is 23.3 Å². The van der Waals surface area contributed by atoms with Crippen LogP contribution in [0.5, 0.6) is 11.5 Å². The molecule has 0 saturated carbocycles. The van der Waals surface area contributed by atoms with Gasteiger partial charge in [0.05, 0.1) is 23.4 Å². The number of likely N-dealkylation sites (tertiary alicyclic amines) is 2. The normalized spacial score (nSPS) is 18.9. The third-order valence-corrected chi connectivity index (χ3v) is 14.6. The fourth-order valence-corrected chi connectivity index (χ4v) is 10.6. The van der Waals surface area contributed by atoms with E-state index in [9.17, 15) is 14.7 Å². The van der Waals surface area contributed by atoms with Gasteiger partial charge in [-0.3, -0.25) is 0 Å². The number of rotatable bonds is 8. The molecule has 2 aromatic heterocycles. The van der Waals surface area contributed by atoms with Gasteiger partial charge in [-0.05, 0) is 201 Å². The number of halogens is 1. The summed E-state index contributed by atoms with van der Waals surface area (Å²) in [5, 5.41) is 48.2. The Hall–Kier alpha value is -5.85. The smallest absolute Gasteiger partial charge is 0.488 e. The number of carbonyl (C=O) groups excluding carboxylic acids is 2. The number of nitrogens with zero attached hydrogens (tertiary/aromatic N) is 6. The van der Waals surface area contributed by atoms with E-state index in [0.717, 1.165) is 149 Å². The van der Waals surface area contributed by atoms with Gasteiger partial charge >= 0.3 is 19.3 Å². The molecule has 408 valence electrons. The molecular formula is C58H76BClN6O10. The summed E-state index contributed by atoms with van der Waals surface area (Å²) in [5.74, 6) is 1.37. The van der Waals surface area contributed by atoms with Crippen molar-refractivity contribution in [2.24, 2.45) is 11.8 Å². The molecular weight excluding hydrogens is 987 g/mol.